The van der Waals surface area contributed by atoms with Gasteiger partial charge in [0.25, 0.3) is 0 Å². The lowest BCUT2D eigenvalue weighted by molar-refractivity contribution is -0.116. The maximum Gasteiger partial charge on any atom is 0.244 e. The zero-order valence-corrected chi connectivity index (χ0v) is 20.3. The van der Waals surface area contributed by atoms with Gasteiger partial charge in [0.1, 0.15) is 17.3 Å². The van der Waals surface area contributed by atoms with Gasteiger partial charge in [-0.15, -0.1) is 0 Å². The van der Waals surface area contributed by atoms with Gasteiger partial charge in [0.2, 0.25) is 5.91 Å². The molecule has 37 heavy (non-hydrogen) atoms. The zero-order valence-electron chi connectivity index (χ0n) is 20.3. The van der Waals surface area contributed by atoms with Gasteiger partial charge in [-0.2, -0.15) is 5.10 Å². The summed E-state index contributed by atoms with van der Waals surface area (Å²) >= 11 is 0. The summed E-state index contributed by atoms with van der Waals surface area (Å²) in [5, 5.41) is 7.55. The minimum Gasteiger partial charge on any atom is -0.348 e. The van der Waals surface area contributed by atoms with E-state index in [1.165, 1.54) is 12.1 Å². The van der Waals surface area contributed by atoms with Crippen LogP contribution in [0, 0.1) is 12.7 Å². The third-order valence-electron chi connectivity index (χ3n) is 5.89. The van der Waals surface area contributed by atoms with Gasteiger partial charge in [0.15, 0.2) is 0 Å². The molecular weight excluding hydrogens is 467 g/mol. The number of rotatable bonds is 8. The van der Waals surface area contributed by atoms with Crippen LogP contribution in [0.5, 0.6) is 0 Å². The summed E-state index contributed by atoms with van der Waals surface area (Å²) in [4.78, 5) is 20.9. The van der Waals surface area contributed by atoms with Crippen molar-refractivity contribution < 1.29 is 9.18 Å². The molecule has 184 valence electrons. The van der Waals surface area contributed by atoms with Crippen molar-refractivity contribution in [2.45, 2.75) is 20.0 Å². The predicted molar refractivity (Wildman–Crippen MR) is 140 cm³/mol. The number of amides is 1. The van der Waals surface area contributed by atoms with E-state index in [1.807, 2.05) is 60.3 Å². The van der Waals surface area contributed by atoms with Gasteiger partial charge in [0, 0.05) is 54.7 Å². The number of nitrogens with zero attached hydrogens (tertiary/aromatic N) is 5. The lowest BCUT2D eigenvalue weighted by Crippen LogP contribution is -2.20. The summed E-state index contributed by atoms with van der Waals surface area (Å²) < 4.78 is 18.2. The second-order valence-electron chi connectivity index (χ2n) is 8.54. The van der Waals surface area contributed by atoms with Crippen LogP contribution in [0.3, 0.4) is 0 Å². The molecule has 0 aliphatic carbocycles. The highest BCUT2D eigenvalue weighted by Crippen LogP contribution is 2.23. The number of carbonyl (C=O) groups is 1. The number of halogens is 1. The first-order valence-corrected chi connectivity index (χ1v) is 11.8. The van der Waals surface area contributed by atoms with Crippen LogP contribution in [-0.2, 0) is 17.9 Å². The number of pyridine rings is 1. The number of nitrogens with one attached hydrogen (secondary N) is 1. The van der Waals surface area contributed by atoms with Gasteiger partial charge in [-0.25, -0.2) is 9.37 Å². The molecule has 0 bridgehead atoms. The van der Waals surface area contributed by atoms with Crippen LogP contribution in [0.15, 0.2) is 97.7 Å². The van der Waals surface area contributed by atoms with E-state index >= 15 is 0 Å². The molecular formula is C29H25FN6O. The molecule has 0 aliphatic rings. The van der Waals surface area contributed by atoms with Gasteiger partial charge in [-0.1, -0.05) is 36.4 Å². The van der Waals surface area contributed by atoms with Gasteiger partial charge >= 0.3 is 0 Å². The van der Waals surface area contributed by atoms with Crippen LogP contribution in [0.2, 0.25) is 0 Å². The van der Waals surface area contributed by atoms with Crippen LogP contribution < -0.4 is 5.32 Å². The maximum atomic E-state index is 14.7. The van der Waals surface area contributed by atoms with E-state index in [0.717, 1.165) is 22.4 Å². The van der Waals surface area contributed by atoms with Gasteiger partial charge < -0.3 is 9.88 Å². The fourth-order valence-corrected chi connectivity index (χ4v) is 4.04. The molecule has 0 unspecified atom stereocenters. The molecule has 7 nitrogen and oxygen atoms in total. The first-order chi connectivity index (χ1) is 18.1. The van der Waals surface area contributed by atoms with Crippen molar-refractivity contribution in [2.75, 3.05) is 0 Å². The molecule has 5 aromatic rings. The number of aryl methyl sites for hydroxylation is 1. The molecule has 3 aromatic heterocycles. The Kier molecular flexibility index (Phi) is 6.98. The van der Waals surface area contributed by atoms with Gasteiger partial charge in [-0.05, 0) is 48.4 Å². The first kappa shape index (κ1) is 23.9. The lowest BCUT2D eigenvalue weighted by atomic mass is 10.1. The average Bonchev–Trinajstić information content (AvgIpc) is 3.53. The van der Waals surface area contributed by atoms with Crippen molar-refractivity contribution in [2.24, 2.45) is 0 Å². The fraction of sp³-hybridized carbons (Fsp3) is 0.103. The van der Waals surface area contributed by atoms with E-state index in [4.69, 9.17) is 5.10 Å². The molecule has 8 heteroatoms. The molecule has 0 saturated carbocycles. The predicted octanol–water partition coefficient (Wildman–Crippen LogP) is 4.96. The number of benzene rings is 2. The molecule has 0 fully saturated rings. The van der Waals surface area contributed by atoms with E-state index in [-0.39, 0.29) is 18.3 Å². The van der Waals surface area contributed by atoms with Gasteiger partial charge in [-0.3, -0.25) is 14.5 Å². The summed E-state index contributed by atoms with van der Waals surface area (Å²) in [6, 6.07) is 18.7. The summed E-state index contributed by atoms with van der Waals surface area (Å²) in [5.74, 6) is 0.0288. The lowest BCUT2D eigenvalue weighted by Gasteiger charge is -2.09. The Balaban J connectivity index is 1.29. The molecule has 0 radical (unpaired) electrons. The Morgan fingerprint density at radius 2 is 1.92 bits per heavy atom. The van der Waals surface area contributed by atoms with Crippen molar-refractivity contribution in [3.8, 4) is 16.9 Å². The Morgan fingerprint density at radius 3 is 2.65 bits per heavy atom. The highest BCUT2D eigenvalue weighted by Gasteiger charge is 2.11. The molecule has 5 rings (SSSR count). The topological polar surface area (TPSA) is 77.6 Å². The quantitative estimate of drug-likeness (QED) is 0.311. The molecule has 2 aromatic carbocycles. The third-order valence-corrected chi connectivity index (χ3v) is 5.89. The molecule has 0 saturated heterocycles. The number of carbonyl (C=O) groups excluding carboxylic acids is 1. The van der Waals surface area contributed by atoms with Crippen LogP contribution in [0.4, 0.5) is 4.39 Å². The Bertz CT molecular complexity index is 1540. The van der Waals surface area contributed by atoms with Crippen molar-refractivity contribution in [1.82, 2.24) is 29.6 Å². The Morgan fingerprint density at radius 1 is 1.05 bits per heavy atom. The van der Waals surface area contributed by atoms with Crippen LogP contribution in [-0.4, -0.2) is 30.2 Å². The zero-order chi connectivity index (χ0) is 25.6. The minimum atomic E-state index is -0.379. The average molecular weight is 493 g/mol. The number of imidazole rings is 1. The summed E-state index contributed by atoms with van der Waals surface area (Å²) in [5.41, 5.74) is 4.59. The largest absolute Gasteiger partial charge is 0.348 e. The van der Waals surface area contributed by atoms with Crippen LogP contribution >= 0.6 is 0 Å². The number of hydrogen-bond donors (Lipinski definition) is 1. The Labute approximate surface area is 214 Å². The first-order valence-electron chi connectivity index (χ1n) is 11.8. The smallest absolute Gasteiger partial charge is 0.244 e. The minimum absolute atomic E-state index is 0.200. The molecule has 0 aliphatic heterocycles. The van der Waals surface area contributed by atoms with E-state index in [1.54, 1.807) is 47.6 Å². The monoisotopic (exact) mass is 492 g/mol. The highest BCUT2D eigenvalue weighted by atomic mass is 19.1. The van der Waals surface area contributed by atoms with Crippen molar-refractivity contribution >= 4 is 12.0 Å². The SMILES string of the molecule is Cc1nccn1-c1ccc(CNC(=O)/C=C/c2cn(Cc3ccccc3)nc2-c2cccnc2)cc1F. The van der Waals surface area contributed by atoms with Gasteiger partial charge in [0.05, 0.1) is 12.2 Å². The molecule has 0 spiro atoms. The van der Waals surface area contributed by atoms with Crippen LogP contribution in [0.1, 0.15) is 22.5 Å². The summed E-state index contributed by atoms with van der Waals surface area (Å²) in [6.07, 6.45) is 11.9. The van der Waals surface area contributed by atoms with Crippen molar-refractivity contribution in [3.05, 3.63) is 126 Å². The summed E-state index contributed by atoms with van der Waals surface area (Å²) in [6.45, 7) is 2.62. The molecule has 0 atom stereocenters. The normalized spacial score (nSPS) is 11.2. The molecule has 1 amide bonds. The van der Waals surface area contributed by atoms with Crippen molar-refractivity contribution in [3.63, 3.8) is 0 Å². The molecule has 3 heterocycles. The Hall–Kier alpha value is -4.85. The fourth-order valence-electron chi connectivity index (χ4n) is 4.04. The second-order valence-corrected chi connectivity index (χ2v) is 8.54. The number of aromatic nitrogens is 5. The van der Waals surface area contributed by atoms with E-state index in [0.29, 0.717) is 23.6 Å². The standard InChI is InChI=1S/C29H25FN6O/c1-21-32-14-15-36(21)27-11-9-23(16-26(27)30)17-33-28(37)12-10-25-20-35(19-22-6-3-2-4-7-22)34-29(25)24-8-5-13-31-18-24/h2-16,18,20H,17,19H2,1H3,(H,33,37)/b12-10+. The third kappa shape index (κ3) is 5.70. The van der Waals surface area contributed by atoms with Crippen molar-refractivity contribution in [1.29, 1.82) is 0 Å². The van der Waals surface area contributed by atoms with Crippen LogP contribution in [0.25, 0.3) is 23.0 Å². The number of hydrogen-bond acceptors (Lipinski definition) is 4. The van der Waals surface area contributed by atoms with E-state index in [2.05, 4.69) is 15.3 Å². The maximum absolute atomic E-state index is 14.7. The molecule has 1 N–H and O–H groups in total. The highest BCUT2D eigenvalue weighted by molar-refractivity contribution is 5.92. The second kappa shape index (κ2) is 10.8. The van der Waals surface area contributed by atoms with E-state index in [9.17, 15) is 9.18 Å². The van der Waals surface area contributed by atoms with E-state index < -0.39 is 0 Å². The summed E-state index contributed by atoms with van der Waals surface area (Å²) in [7, 11) is 0.